The van der Waals surface area contributed by atoms with Crippen molar-refractivity contribution >= 4 is 40.4 Å². The van der Waals surface area contributed by atoms with Crippen molar-refractivity contribution in [2.24, 2.45) is 0 Å². The predicted octanol–water partition coefficient (Wildman–Crippen LogP) is 4.70. The molecule has 0 saturated heterocycles. The Morgan fingerprint density at radius 1 is 1.19 bits per heavy atom. The van der Waals surface area contributed by atoms with Crippen LogP contribution in [0.4, 0.5) is 5.00 Å². The molecule has 4 nitrogen and oxygen atoms in total. The average molecular weight is 393 g/mol. The van der Waals surface area contributed by atoms with Gasteiger partial charge >= 0.3 is 0 Å². The van der Waals surface area contributed by atoms with E-state index in [1.54, 1.807) is 11.3 Å². The van der Waals surface area contributed by atoms with E-state index in [1.165, 1.54) is 4.88 Å². The number of benzene rings is 1. The predicted molar refractivity (Wildman–Crippen MR) is 110 cm³/mol. The molecule has 0 fully saturated rings. The number of thiophene rings is 1. The number of fused-ring (bicyclic) bond motifs is 1. The smallest absolute Gasteiger partial charge is 0.256 e. The molecule has 1 N–H and O–H groups in total. The van der Waals surface area contributed by atoms with Gasteiger partial charge in [0.05, 0.1) is 5.56 Å². The summed E-state index contributed by atoms with van der Waals surface area (Å²) in [6.45, 7) is 8.85. The Bertz CT molecular complexity index is 799. The highest BCUT2D eigenvalue weighted by Gasteiger charge is 2.27. The maximum absolute atomic E-state index is 12.6. The van der Waals surface area contributed by atoms with Gasteiger partial charge in [0.25, 0.3) is 5.91 Å². The first-order valence-electron chi connectivity index (χ1n) is 8.81. The van der Waals surface area contributed by atoms with Crippen LogP contribution in [-0.4, -0.2) is 29.7 Å². The van der Waals surface area contributed by atoms with Crippen molar-refractivity contribution in [2.45, 2.75) is 40.2 Å². The molecule has 0 spiro atoms. The zero-order valence-electron chi connectivity index (χ0n) is 15.4. The summed E-state index contributed by atoms with van der Waals surface area (Å²) in [6.07, 6.45) is 1.33. The van der Waals surface area contributed by atoms with Gasteiger partial charge in [-0.25, -0.2) is 0 Å². The van der Waals surface area contributed by atoms with E-state index >= 15 is 0 Å². The summed E-state index contributed by atoms with van der Waals surface area (Å²) in [5, 5.41) is 3.70. The Balaban J connectivity index is 0.00000243. The second-order valence-corrected chi connectivity index (χ2v) is 7.53. The second-order valence-electron chi connectivity index (χ2n) is 6.42. The van der Waals surface area contributed by atoms with E-state index in [0.717, 1.165) is 42.7 Å². The van der Waals surface area contributed by atoms with Crippen molar-refractivity contribution in [3.8, 4) is 0 Å². The molecule has 2 aromatic rings. The highest BCUT2D eigenvalue weighted by molar-refractivity contribution is 7.17. The minimum absolute atomic E-state index is 0. The molecular formula is C20H25ClN2O2S. The van der Waals surface area contributed by atoms with Crippen LogP contribution in [0.2, 0.25) is 0 Å². The number of hydrogen-bond donors (Lipinski definition) is 1. The second kappa shape index (κ2) is 8.80. The van der Waals surface area contributed by atoms with Gasteiger partial charge in [-0.3, -0.25) is 14.5 Å². The zero-order chi connectivity index (χ0) is 18.0. The van der Waals surface area contributed by atoms with Gasteiger partial charge < -0.3 is 5.32 Å². The van der Waals surface area contributed by atoms with Crippen LogP contribution >= 0.6 is 23.7 Å². The van der Waals surface area contributed by atoms with E-state index in [-0.39, 0.29) is 24.1 Å². The van der Waals surface area contributed by atoms with Gasteiger partial charge in [-0.15, -0.1) is 23.7 Å². The van der Waals surface area contributed by atoms with Crippen LogP contribution in [0.3, 0.4) is 0 Å². The third kappa shape index (κ3) is 4.17. The number of ketones is 1. The number of aryl methyl sites for hydroxylation is 1. The Morgan fingerprint density at radius 3 is 2.50 bits per heavy atom. The highest BCUT2D eigenvalue weighted by atomic mass is 35.5. The van der Waals surface area contributed by atoms with Gasteiger partial charge in [-0.2, -0.15) is 0 Å². The summed E-state index contributed by atoms with van der Waals surface area (Å²) < 4.78 is 0. The summed E-state index contributed by atoms with van der Waals surface area (Å²) in [4.78, 5) is 28.7. The van der Waals surface area contributed by atoms with Crippen LogP contribution in [0.1, 0.15) is 57.0 Å². The molecule has 1 aliphatic rings. The maximum Gasteiger partial charge on any atom is 0.256 e. The molecule has 0 radical (unpaired) electrons. The van der Waals surface area contributed by atoms with Crippen LogP contribution in [0, 0.1) is 6.92 Å². The topological polar surface area (TPSA) is 49.4 Å². The Labute approximate surface area is 165 Å². The number of Topliss-reactive ketones (excluding diaryl/α,β-unsaturated/α-hetero) is 1. The number of nitrogens with zero attached hydrogens (tertiary/aromatic N) is 1. The fourth-order valence-electron chi connectivity index (χ4n) is 3.17. The Hall–Kier alpha value is -1.69. The van der Waals surface area contributed by atoms with E-state index in [4.69, 9.17) is 0 Å². The molecule has 1 aliphatic heterocycles. The first-order chi connectivity index (χ1) is 12.0. The lowest BCUT2D eigenvalue weighted by Gasteiger charge is -2.25. The van der Waals surface area contributed by atoms with Gasteiger partial charge in [0.1, 0.15) is 5.00 Å². The number of nitrogens with one attached hydrogen (secondary N) is 1. The first-order valence-corrected chi connectivity index (χ1v) is 9.63. The lowest BCUT2D eigenvalue weighted by Crippen LogP contribution is -2.29. The fourth-order valence-corrected chi connectivity index (χ4v) is 4.47. The molecular weight excluding hydrogens is 368 g/mol. The van der Waals surface area contributed by atoms with Crippen molar-refractivity contribution in [3.05, 3.63) is 51.4 Å². The molecule has 0 bridgehead atoms. The molecule has 140 valence electrons. The van der Waals surface area contributed by atoms with Crippen molar-refractivity contribution in [3.63, 3.8) is 0 Å². The van der Waals surface area contributed by atoms with E-state index in [1.807, 2.05) is 38.1 Å². The van der Waals surface area contributed by atoms with E-state index < -0.39 is 0 Å². The quantitative estimate of drug-likeness (QED) is 0.750. The summed E-state index contributed by atoms with van der Waals surface area (Å²) in [7, 11) is 0. The van der Waals surface area contributed by atoms with Crippen molar-refractivity contribution in [1.82, 2.24) is 4.90 Å². The molecule has 26 heavy (non-hydrogen) atoms. The third-order valence-corrected chi connectivity index (χ3v) is 5.86. The largest absolute Gasteiger partial charge is 0.313 e. The summed E-state index contributed by atoms with van der Waals surface area (Å²) in [5.74, 6) is -0.0437. The number of amides is 1. The third-order valence-electron chi connectivity index (χ3n) is 4.72. The minimum atomic E-state index is -0.156. The lowest BCUT2D eigenvalue weighted by molar-refractivity contribution is 0.0987. The molecule has 1 amide bonds. The zero-order valence-corrected chi connectivity index (χ0v) is 17.1. The standard InChI is InChI=1S/C20H24N2O2S.ClH/c1-4-16(23)18-15-10-11-22(5-2)12-17(15)25-20(18)21-19(24)14-8-6-13(3)7-9-14;/h6-9H,4-5,10-12H2,1-3H3,(H,21,24);1H. The molecule has 0 atom stereocenters. The molecule has 1 aromatic carbocycles. The monoisotopic (exact) mass is 392 g/mol. The highest BCUT2D eigenvalue weighted by Crippen LogP contribution is 2.38. The van der Waals surface area contributed by atoms with Crippen LogP contribution in [0.5, 0.6) is 0 Å². The maximum atomic E-state index is 12.6. The van der Waals surface area contributed by atoms with Crippen LogP contribution < -0.4 is 5.32 Å². The molecule has 0 aliphatic carbocycles. The van der Waals surface area contributed by atoms with E-state index in [2.05, 4.69) is 17.1 Å². The molecule has 0 saturated carbocycles. The summed E-state index contributed by atoms with van der Waals surface area (Å²) in [6, 6.07) is 7.48. The molecule has 6 heteroatoms. The number of hydrogen-bond acceptors (Lipinski definition) is 4. The Kier molecular flexibility index (Phi) is 6.98. The summed E-state index contributed by atoms with van der Waals surface area (Å²) in [5.41, 5.74) is 3.60. The van der Waals surface area contributed by atoms with Gasteiger partial charge in [-0.05, 0) is 37.6 Å². The number of carbonyl (C=O) groups is 2. The van der Waals surface area contributed by atoms with Gasteiger partial charge in [0.15, 0.2) is 5.78 Å². The van der Waals surface area contributed by atoms with Gasteiger partial charge in [-0.1, -0.05) is 31.5 Å². The molecule has 2 heterocycles. The van der Waals surface area contributed by atoms with E-state index in [0.29, 0.717) is 17.0 Å². The van der Waals surface area contributed by atoms with Crippen LogP contribution in [-0.2, 0) is 13.0 Å². The average Bonchev–Trinajstić information content (AvgIpc) is 2.98. The number of likely N-dealkylation sites (N-methyl/N-ethyl adjacent to an activating group) is 1. The number of anilines is 1. The molecule has 1 aromatic heterocycles. The Morgan fingerprint density at radius 2 is 1.88 bits per heavy atom. The molecule has 3 rings (SSSR count). The van der Waals surface area contributed by atoms with Gasteiger partial charge in [0.2, 0.25) is 0 Å². The van der Waals surface area contributed by atoms with Crippen molar-refractivity contribution < 1.29 is 9.59 Å². The number of rotatable bonds is 5. The normalized spacial score (nSPS) is 13.7. The number of halogens is 1. The summed E-state index contributed by atoms with van der Waals surface area (Å²) >= 11 is 1.56. The number of carbonyl (C=O) groups excluding carboxylic acids is 2. The SMILES string of the molecule is CCC(=O)c1c(NC(=O)c2ccc(C)cc2)sc2c1CCN(CC)C2.Cl. The lowest BCUT2D eigenvalue weighted by atomic mass is 9.99. The molecule has 0 unspecified atom stereocenters. The van der Waals surface area contributed by atoms with Crippen LogP contribution in [0.15, 0.2) is 24.3 Å². The van der Waals surface area contributed by atoms with Crippen molar-refractivity contribution in [1.29, 1.82) is 0 Å². The van der Waals surface area contributed by atoms with Crippen LogP contribution in [0.25, 0.3) is 0 Å². The van der Waals surface area contributed by atoms with Crippen molar-refractivity contribution in [2.75, 3.05) is 18.4 Å². The fraction of sp³-hybridized carbons (Fsp3) is 0.400. The first kappa shape index (κ1) is 20.6. The minimum Gasteiger partial charge on any atom is -0.313 e. The van der Waals surface area contributed by atoms with E-state index in [9.17, 15) is 9.59 Å². The van der Waals surface area contributed by atoms with Gasteiger partial charge in [0, 0.05) is 30.0 Å².